The van der Waals surface area contributed by atoms with Gasteiger partial charge < -0.3 is 4.42 Å². The van der Waals surface area contributed by atoms with Crippen molar-refractivity contribution >= 4 is 29.0 Å². The molecule has 0 amide bonds. The van der Waals surface area contributed by atoms with Crippen molar-refractivity contribution in [2.75, 3.05) is 5.43 Å². The van der Waals surface area contributed by atoms with E-state index in [1.165, 1.54) is 16.0 Å². The van der Waals surface area contributed by atoms with Gasteiger partial charge in [0.1, 0.15) is 5.76 Å². The van der Waals surface area contributed by atoms with Gasteiger partial charge in [-0.15, -0.1) is 5.10 Å². The summed E-state index contributed by atoms with van der Waals surface area (Å²) >= 11 is 7.17. The number of halogens is 1. The van der Waals surface area contributed by atoms with E-state index in [9.17, 15) is 4.79 Å². The molecule has 4 rings (SSSR count). The van der Waals surface area contributed by atoms with Gasteiger partial charge in [-0.3, -0.25) is 15.6 Å². The van der Waals surface area contributed by atoms with Crippen LogP contribution in [0.2, 0.25) is 5.02 Å². The number of rotatable bonds is 2. The Balaban J connectivity index is 1.74. The summed E-state index contributed by atoms with van der Waals surface area (Å²) < 4.78 is 7.33. The molecular formula is C15H11ClN4O2S. The molecule has 0 saturated heterocycles. The molecule has 0 saturated carbocycles. The van der Waals surface area contributed by atoms with Crippen LogP contribution in [-0.2, 0) is 0 Å². The number of hydrogen-bond donors (Lipinski definition) is 2. The first kappa shape index (κ1) is 14.1. The fraction of sp³-hybridized carbons (Fsp3) is 0.0667. The maximum Gasteiger partial charge on any atom is 0.289 e. The summed E-state index contributed by atoms with van der Waals surface area (Å²) in [5.41, 5.74) is 6.74. The molecular weight excluding hydrogens is 336 g/mol. The molecule has 0 radical (unpaired) electrons. The Morgan fingerprint density at radius 2 is 2.13 bits per heavy atom. The fourth-order valence-electron chi connectivity index (χ4n) is 2.23. The summed E-state index contributed by atoms with van der Waals surface area (Å²) in [6, 6.07) is 10.9. The highest BCUT2D eigenvalue weighted by Crippen LogP contribution is 2.12. The number of nitrogens with one attached hydrogen (secondary N) is 2. The van der Waals surface area contributed by atoms with Gasteiger partial charge in [0.2, 0.25) is 4.80 Å². The Hall–Kier alpha value is -2.51. The van der Waals surface area contributed by atoms with E-state index in [0.717, 1.165) is 5.56 Å². The number of benzene rings is 1. The van der Waals surface area contributed by atoms with E-state index in [-0.39, 0.29) is 11.7 Å². The molecule has 116 valence electrons. The lowest BCUT2D eigenvalue weighted by atomic mass is 10.2. The molecule has 3 aromatic rings. The molecule has 8 heteroatoms. The Labute approximate surface area is 139 Å². The second-order valence-electron chi connectivity index (χ2n) is 4.90. The van der Waals surface area contributed by atoms with Crippen molar-refractivity contribution in [3.8, 4) is 0 Å². The van der Waals surface area contributed by atoms with E-state index in [0.29, 0.717) is 20.1 Å². The van der Waals surface area contributed by atoms with E-state index in [2.05, 4.69) is 16.0 Å². The van der Waals surface area contributed by atoms with Gasteiger partial charge in [0.15, 0.2) is 6.17 Å². The van der Waals surface area contributed by atoms with Gasteiger partial charge in [-0.2, -0.15) is 4.68 Å². The summed E-state index contributed by atoms with van der Waals surface area (Å²) in [6.07, 6.45) is 3.01. The standard InChI is InChI=1S/C15H11ClN4O2S/c16-10-5-3-9(4-6-10)8-12-14(21)20-15(23-12)18-17-13(19-20)11-2-1-7-22-11/h1-8,13,17,19H/b12-8+. The first-order chi connectivity index (χ1) is 11.2. The van der Waals surface area contributed by atoms with Gasteiger partial charge in [0, 0.05) is 5.02 Å². The van der Waals surface area contributed by atoms with Gasteiger partial charge in [-0.05, 0) is 35.9 Å². The van der Waals surface area contributed by atoms with Crippen molar-refractivity contribution in [3.63, 3.8) is 0 Å². The molecule has 2 N–H and O–H groups in total. The molecule has 0 fully saturated rings. The third-order valence-corrected chi connectivity index (χ3v) is 4.57. The predicted octanol–water partition coefficient (Wildman–Crippen LogP) is 1.37. The number of aromatic nitrogens is 1. The topological polar surface area (TPSA) is 71.6 Å². The van der Waals surface area contributed by atoms with Gasteiger partial charge in [-0.25, -0.2) is 0 Å². The number of furan rings is 1. The van der Waals surface area contributed by atoms with E-state index < -0.39 is 0 Å². The van der Waals surface area contributed by atoms with Crippen LogP contribution in [-0.4, -0.2) is 4.68 Å². The lowest BCUT2D eigenvalue weighted by Crippen LogP contribution is -2.47. The second kappa shape index (κ2) is 5.60. The molecule has 1 aliphatic rings. The van der Waals surface area contributed by atoms with Crippen molar-refractivity contribution in [1.29, 1.82) is 0 Å². The fourth-order valence-corrected chi connectivity index (χ4v) is 3.25. The molecule has 1 aromatic carbocycles. The minimum Gasteiger partial charge on any atom is -0.465 e. The minimum atomic E-state index is -0.381. The summed E-state index contributed by atoms with van der Waals surface area (Å²) in [5.74, 6) is 0.653. The van der Waals surface area contributed by atoms with E-state index in [4.69, 9.17) is 16.0 Å². The normalized spacial score (nSPS) is 17.1. The van der Waals surface area contributed by atoms with E-state index >= 15 is 0 Å². The average Bonchev–Trinajstić information content (AvgIpc) is 3.19. The van der Waals surface area contributed by atoms with Crippen molar-refractivity contribution < 1.29 is 4.42 Å². The van der Waals surface area contributed by atoms with Gasteiger partial charge in [0.05, 0.1) is 10.8 Å². The van der Waals surface area contributed by atoms with Gasteiger partial charge >= 0.3 is 0 Å². The predicted molar refractivity (Wildman–Crippen MR) is 88.3 cm³/mol. The third kappa shape index (κ3) is 2.64. The zero-order chi connectivity index (χ0) is 15.8. The highest BCUT2D eigenvalue weighted by molar-refractivity contribution is 7.07. The summed E-state index contributed by atoms with van der Waals surface area (Å²) in [7, 11) is 0. The average molecular weight is 347 g/mol. The van der Waals surface area contributed by atoms with Gasteiger partial charge in [-0.1, -0.05) is 35.1 Å². The van der Waals surface area contributed by atoms with Crippen LogP contribution in [0.1, 0.15) is 17.5 Å². The van der Waals surface area contributed by atoms with Crippen molar-refractivity contribution in [2.45, 2.75) is 6.17 Å². The first-order valence-corrected chi connectivity index (χ1v) is 8.02. The van der Waals surface area contributed by atoms with Crippen LogP contribution >= 0.6 is 22.9 Å². The SMILES string of the molecule is O=c1/c(=C\c2ccc(Cl)cc2)sc2n1NC(c1ccco1)NN=2. The number of fused-ring (bicyclic) bond motifs is 1. The molecule has 1 aliphatic heterocycles. The Kier molecular flexibility index (Phi) is 3.44. The number of thiazole rings is 1. The summed E-state index contributed by atoms with van der Waals surface area (Å²) in [4.78, 5) is 13.1. The molecule has 3 heterocycles. The maximum absolute atomic E-state index is 12.5. The van der Waals surface area contributed by atoms with Crippen LogP contribution in [0.25, 0.3) is 6.08 Å². The van der Waals surface area contributed by atoms with Crippen molar-refractivity contribution in [2.24, 2.45) is 5.10 Å². The van der Waals surface area contributed by atoms with Crippen LogP contribution in [0.5, 0.6) is 0 Å². The highest BCUT2D eigenvalue weighted by atomic mass is 35.5. The molecule has 0 spiro atoms. The number of hydrogen-bond acceptors (Lipinski definition) is 6. The Morgan fingerprint density at radius 1 is 1.30 bits per heavy atom. The van der Waals surface area contributed by atoms with Crippen LogP contribution < -0.4 is 25.7 Å². The van der Waals surface area contributed by atoms with Crippen LogP contribution in [0.4, 0.5) is 0 Å². The quantitative estimate of drug-likeness (QED) is 0.735. The van der Waals surface area contributed by atoms with Crippen molar-refractivity contribution in [3.05, 3.63) is 78.7 Å². The van der Waals surface area contributed by atoms with E-state index in [1.54, 1.807) is 24.5 Å². The molecule has 0 aliphatic carbocycles. The molecule has 6 nitrogen and oxygen atoms in total. The van der Waals surface area contributed by atoms with Crippen LogP contribution in [0, 0.1) is 0 Å². The lowest BCUT2D eigenvalue weighted by Gasteiger charge is -2.20. The Morgan fingerprint density at radius 3 is 2.87 bits per heavy atom. The van der Waals surface area contributed by atoms with Crippen molar-refractivity contribution in [1.82, 2.24) is 10.1 Å². The molecule has 1 unspecified atom stereocenters. The Bertz CT molecular complexity index is 1010. The first-order valence-electron chi connectivity index (χ1n) is 6.83. The smallest absolute Gasteiger partial charge is 0.289 e. The number of nitrogens with zero attached hydrogens (tertiary/aromatic N) is 2. The molecule has 23 heavy (non-hydrogen) atoms. The zero-order valence-electron chi connectivity index (χ0n) is 11.7. The molecule has 1 atom stereocenters. The van der Waals surface area contributed by atoms with E-state index in [1.807, 2.05) is 24.3 Å². The maximum atomic E-state index is 12.5. The monoisotopic (exact) mass is 346 g/mol. The molecule has 0 bridgehead atoms. The summed E-state index contributed by atoms with van der Waals surface area (Å²) in [6.45, 7) is 0. The lowest BCUT2D eigenvalue weighted by molar-refractivity contribution is 0.400. The molecule has 2 aromatic heterocycles. The summed E-state index contributed by atoms with van der Waals surface area (Å²) in [5, 5.41) is 4.89. The third-order valence-electron chi connectivity index (χ3n) is 3.35. The van der Waals surface area contributed by atoms with Crippen LogP contribution in [0.15, 0.2) is 57.0 Å². The van der Waals surface area contributed by atoms with Crippen LogP contribution in [0.3, 0.4) is 0 Å². The largest absolute Gasteiger partial charge is 0.465 e. The van der Waals surface area contributed by atoms with Gasteiger partial charge in [0.25, 0.3) is 5.56 Å². The minimum absolute atomic E-state index is 0.151. The highest BCUT2D eigenvalue weighted by Gasteiger charge is 2.19. The zero-order valence-corrected chi connectivity index (χ0v) is 13.3. The second-order valence-corrected chi connectivity index (χ2v) is 6.35.